The molecular weight excluding hydrogens is 418 g/mol. The van der Waals surface area contributed by atoms with E-state index < -0.39 is 6.04 Å². The largest absolute Gasteiger partial charge is 0.496 e. The number of rotatable bonds is 8. The average molecular weight is 444 g/mol. The third kappa shape index (κ3) is 4.71. The molecule has 1 aliphatic heterocycles. The number of hydrogen-bond acceptors (Lipinski definition) is 10. The Kier molecular flexibility index (Phi) is 7.13. The lowest BCUT2D eigenvalue weighted by Crippen LogP contribution is -2.32. The summed E-state index contributed by atoms with van der Waals surface area (Å²) in [4.78, 5) is 11.0. The molecular formula is C23H25N9O. The molecule has 168 valence electrons. The molecule has 0 aliphatic carbocycles. The van der Waals surface area contributed by atoms with Crippen LogP contribution in [-0.2, 0) is 6.54 Å². The minimum absolute atomic E-state index is 0.00174. The number of aromatic nitrogens is 1. The second kappa shape index (κ2) is 10.2. The number of nitrogens with one attached hydrogen (secondary N) is 2. The van der Waals surface area contributed by atoms with Gasteiger partial charge in [0, 0.05) is 30.8 Å². The zero-order chi connectivity index (χ0) is 24.0. The lowest BCUT2D eigenvalue weighted by molar-refractivity contribution is 0.317. The maximum absolute atomic E-state index is 9.51. The number of ether oxygens (including phenoxy) is 1. The Bertz CT molecular complexity index is 1180. The van der Waals surface area contributed by atoms with Gasteiger partial charge in [-0.1, -0.05) is 18.2 Å². The van der Waals surface area contributed by atoms with Crippen LogP contribution in [0, 0.1) is 22.8 Å². The molecule has 0 bridgehead atoms. The molecule has 6 N–H and O–H groups in total. The van der Waals surface area contributed by atoms with Crippen molar-refractivity contribution >= 4 is 23.3 Å². The fourth-order valence-electron chi connectivity index (χ4n) is 3.72. The predicted molar refractivity (Wildman–Crippen MR) is 128 cm³/mol. The van der Waals surface area contributed by atoms with Crippen molar-refractivity contribution in [1.82, 2.24) is 15.2 Å². The fraction of sp³-hybridized carbons (Fsp3) is 0.217. The summed E-state index contributed by atoms with van der Waals surface area (Å²) in [7, 11) is 1.61. The number of nitrogens with zero attached hydrogens (tertiary/aromatic N) is 5. The van der Waals surface area contributed by atoms with E-state index in [4.69, 9.17) is 21.5 Å². The summed E-state index contributed by atoms with van der Waals surface area (Å²) >= 11 is 0. The molecule has 1 aromatic heterocycles. The number of anilines is 3. The lowest BCUT2D eigenvalue weighted by Gasteiger charge is -2.27. The Morgan fingerprint density at radius 3 is 2.61 bits per heavy atom. The number of nitrogens with two attached hydrogens (primary N) is 2. The number of fused-ring (bicyclic) bond motifs is 1. The molecule has 10 heteroatoms. The number of pyridine rings is 1. The molecule has 2 heterocycles. The Morgan fingerprint density at radius 1 is 1.27 bits per heavy atom. The smallest absolute Gasteiger partial charge is 0.211 e. The molecule has 10 nitrogen and oxygen atoms in total. The maximum atomic E-state index is 9.51. The number of guanidine groups is 1. The number of hydrogen-bond donors (Lipinski definition) is 4. The third-order valence-corrected chi connectivity index (χ3v) is 5.15. The van der Waals surface area contributed by atoms with Crippen LogP contribution in [0.1, 0.15) is 28.3 Å². The van der Waals surface area contributed by atoms with Crippen LogP contribution < -0.4 is 26.8 Å². The zero-order valence-electron chi connectivity index (χ0n) is 18.3. The molecule has 0 fully saturated rings. The topological polar surface area (TPSA) is 161 Å². The monoisotopic (exact) mass is 443 g/mol. The second-order valence-electron chi connectivity index (χ2n) is 7.24. The molecule has 0 amide bonds. The highest BCUT2D eigenvalue weighted by Crippen LogP contribution is 2.41. The first-order valence-corrected chi connectivity index (χ1v) is 10.1. The van der Waals surface area contributed by atoms with Crippen molar-refractivity contribution in [3.8, 4) is 18.0 Å². The standard InChI is InChI=1S/C23H25N9O/c1-4-8-32(9-5-2)12-15-10-14(6-7-17(15)33-3)20-18-19(26)16(11-24)21(27)30-22(18)31-23(29-20)28-13-25/h4-7,10,20H,1-2,8-9,12H2,3H3,(H6,26,27,28,29,30,31). The highest BCUT2D eigenvalue weighted by atomic mass is 16.5. The van der Waals surface area contributed by atoms with Gasteiger partial charge >= 0.3 is 0 Å². The first-order valence-electron chi connectivity index (χ1n) is 10.1. The number of methoxy groups -OCH3 is 1. The number of aliphatic imine (C=N–C) groups is 1. The van der Waals surface area contributed by atoms with Crippen molar-refractivity contribution in [3.05, 3.63) is 65.8 Å². The maximum Gasteiger partial charge on any atom is 0.211 e. The third-order valence-electron chi connectivity index (χ3n) is 5.15. The van der Waals surface area contributed by atoms with Crippen LogP contribution in [0.2, 0.25) is 0 Å². The molecule has 0 saturated carbocycles. The molecule has 1 unspecified atom stereocenters. The SMILES string of the molecule is C=CCN(CC=C)Cc1cc(C2N=C(NC#N)Nc3nc(N)c(C#N)c(N)c32)ccc1OC. The summed E-state index contributed by atoms with van der Waals surface area (Å²) in [5.41, 5.74) is 14.7. The van der Waals surface area contributed by atoms with Crippen molar-refractivity contribution in [2.45, 2.75) is 12.6 Å². The van der Waals surface area contributed by atoms with E-state index in [0.29, 0.717) is 36.8 Å². The number of benzene rings is 1. The molecule has 0 saturated heterocycles. The van der Waals surface area contributed by atoms with Gasteiger partial charge in [0.15, 0.2) is 6.19 Å². The van der Waals surface area contributed by atoms with E-state index in [0.717, 1.165) is 11.1 Å². The van der Waals surface area contributed by atoms with Gasteiger partial charge in [0.2, 0.25) is 5.96 Å². The molecule has 33 heavy (non-hydrogen) atoms. The van der Waals surface area contributed by atoms with Crippen LogP contribution in [0.25, 0.3) is 0 Å². The van der Waals surface area contributed by atoms with Crippen molar-refractivity contribution < 1.29 is 4.74 Å². The van der Waals surface area contributed by atoms with Gasteiger partial charge in [-0.3, -0.25) is 10.2 Å². The molecule has 1 aliphatic rings. The van der Waals surface area contributed by atoms with Crippen LogP contribution >= 0.6 is 0 Å². The van der Waals surface area contributed by atoms with Crippen LogP contribution in [0.3, 0.4) is 0 Å². The van der Waals surface area contributed by atoms with Gasteiger partial charge in [-0.05, 0) is 17.7 Å². The van der Waals surface area contributed by atoms with E-state index >= 15 is 0 Å². The Balaban J connectivity index is 2.15. The highest BCUT2D eigenvalue weighted by Gasteiger charge is 2.30. The van der Waals surface area contributed by atoms with Gasteiger partial charge in [0.25, 0.3) is 0 Å². The summed E-state index contributed by atoms with van der Waals surface area (Å²) in [6.45, 7) is 9.57. The molecule has 0 spiro atoms. The fourth-order valence-corrected chi connectivity index (χ4v) is 3.72. The van der Waals surface area contributed by atoms with E-state index in [9.17, 15) is 5.26 Å². The minimum Gasteiger partial charge on any atom is -0.496 e. The Labute approximate surface area is 192 Å². The van der Waals surface area contributed by atoms with Crippen molar-refractivity contribution in [2.75, 3.05) is 37.0 Å². The van der Waals surface area contributed by atoms with Gasteiger partial charge in [0.1, 0.15) is 35.1 Å². The van der Waals surface area contributed by atoms with Crippen LogP contribution in [0.4, 0.5) is 17.3 Å². The van der Waals surface area contributed by atoms with Gasteiger partial charge in [0.05, 0.1) is 12.8 Å². The van der Waals surface area contributed by atoms with Gasteiger partial charge in [-0.15, -0.1) is 13.2 Å². The normalized spacial score (nSPS) is 14.2. The number of nitrogen functional groups attached to an aromatic ring is 2. The summed E-state index contributed by atoms with van der Waals surface area (Å²) in [6.07, 6.45) is 5.50. The first kappa shape index (κ1) is 23.1. The predicted octanol–water partition coefficient (Wildman–Crippen LogP) is 2.24. The van der Waals surface area contributed by atoms with E-state index in [1.807, 2.05) is 42.6 Å². The Hall–Kier alpha value is -4.54. The van der Waals surface area contributed by atoms with Gasteiger partial charge < -0.3 is 21.5 Å². The summed E-state index contributed by atoms with van der Waals surface area (Å²) in [5, 5.41) is 24.0. The van der Waals surface area contributed by atoms with Crippen LogP contribution in [0.15, 0.2) is 48.5 Å². The summed E-state index contributed by atoms with van der Waals surface area (Å²) in [5.74, 6) is 1.24. The quantitative estimate of drug-likeness (QED) is 0.272. The van der Waals surface area contributed by atoms with Crippen molar-refractivity contribution in [2.24, 2.45) is 4.99 Å². The molecule has 1 aromatic carbocycles. The van der Waals surface area contributed by atoms with E-state index in [1.165, 1.54) is 0 Å². The number of nitriles is 2. The van der Waals surface area contributed by atoms with Crippen molar-refractivity contribution in [1.29, 1.82) is 10.5 Å². The average Bonchev–Trinajstić information content (AvgIpc) is 2.79. The van der Waals surface area contributed by atoms with Crippen LogP contribution in [-0.4, -0.2) is 36.0 Å². The van der Waals surface area contributed by atoms with E-state index in [-0.39, 0.29) is 23.0 Å². The minimum atomic E-state index is -0.630. The molecule has 3 rings (SSSR count). The van der Waals surface area contributed by atoms with Gasteiger partial charge in [-0.2, -0.15) is 10.5 Å². The lowest BCUT2D eigenvalue weighted by atomic mass is 9.93. The van der Waals surface area contributed by atoms with Crippen molar-refractivity contribution in [3.63, 3.8) is 0 Å². The van der Waals surface area contributed by atoms with E-state index in [1.54, 1.807) is 7.11 Å². The molecule has 1 atom stereocenters. The molecule has 0 radical (unpaired) electrons. The first-order chi connectivity index (χ1) is 16.0. The Morgan fingerprint density at radius 2 is 2.00 bits per heavy atom. The zero-order valence-corrected chi connectivity index (χ0v) is 18.3. The highest BCUT2D eigenvalue weighted by molar-refractivity contribution is 5.98. The summed E-state index contributed by atoms with van der Waals surface area (Å²) < 4.78 is 5.57. The summed E-state index contributed by atoms with van der Waals surface area (Å²) in [6, 6.07) is 7.06. The molecule has 2 aromatic rings. The van der Waals surface area contributed by atoms with Gasteiger partial charge in [-0.25, -0.2) is 9.98 Å². The van der Waals surface area contributed by atoms with Crippen LogP contribution in [0.5, 0.6) is 5.75 Å². The second-order valence-corrected chi connectivity index (χ2v) is 7.24. The van der Waals surface area contributed by atoms with E-state index in [2.05, 4.69) is 38.7 Å².